The van der Waals surface area contributed by atoms with Crippen LogP contribution in [0.4, 0.5) is 0 Å². The van der Waals surface area contributed by atoms with Crippen molar-refractivity contribution in [1.29, 1.82) is 0 Å². The molecule has 1 aromatic heterocycles. The summed E-state index contributed by atoms with van der Waals surface area (Å²) in [6.07, 6.45) is 12.5. The molecule has 98 valence electrons. The van der Waals surface area contributed by atoms with Crippen LogP contribution in [-0.2, 0) is 4.79 Å². The van der Waals surface area contributed by atoms with Crippen LogP contribution in [-0.4, -0.2) is 15.8 Å². The summed E-state index contributed by atoms with van der Waals surface area (Å²) in [5.41, 5.74) is 1.09. The van der Waals surface area contributed by atoms with Crippen LogP contribution in [0, 0.1) is 5.92 Å². The molecule has 0 bridgehead atoms. The molecule has 1 aliphatic rings. The Morgan fingerprint density at radius 1 is 1.28 bits per heavy atom. The first kappa shape index (κ1) is 13.2. The maximum absolute atomic E-state index is 12.0. The fourth-order valence-corrected chi connectivity index (χ4v) is 2.79. The van der Waals surface area contributed by atoms with Gasteiger partial charge in [-0.2, -0.15) is 0 Å². The standard InChI is InChI=1S/C15H22N2O/c1-2-3-4-15(18)13-7-5-12(6-8-13)14-11-16-9-10-17-14/h9-13H,2-8H2,1H3. The summed E-state index contributed by atoms with van der Waals surface area (Å²) in [5, 5.41) is 0. The van der Waals surface area contributed by atoms with Crippen LogP contribution in [0.25, 0.3) is 0 Å². The Labute approximate surface area is 109 Å². The first-order valence-corrected chi connectivity index (χ1v) is 7.10. The number of Topliss-reactive ketones (excluding diaryl/α,β-unsaturated/α-hetero) is 1. The molecule has 1 heterocycles. The zero-order valence-corrected chi connectivity index (χ0v) is 11.1. The smallest absolute Gasteiger partial charge is 0.135 e. The van der Waals surface area contributed by atoms with E-state index in [-0.39, 0.29) is 0 Å². The predicted octanol–water partition coefficient (Wildman–Crippen LogP) is 3.51. The van der Waals surface area contributed by atoms with Crippen LogP contribution in [0.15, 0.2) is 18.6 Å². The third-order valence-electron chi connectivity index (χ3n) is 3.96. The number of aromatic nitrogens is 2. The van der Waals surface area contributed by atoms with E-state index in [0.717, 1.165) is 50.6 Å². The van der Waals surface area contributed by atoms with Gasteiger partial charge >= 0.3 is 0 Å². The topological polar surface area (TPSA) is 42.9 Å². The average Bonchev–Trinajstić information content (AvgIpc) is 2.46. The van der Waals surface area contributed by atoms with Crippen molar-refractivity contribution in [1.82, 2.24) is 9.97 Å². The zero-order valence-electron chi connectivity index (χ0n) is 11.1. The van der Waals surface area contributed by atoms with Gasteiger partial charge in [-0.15, -0.1) is 0 Å². The SMILES string of the molecule is CCCCC(=O)C1CCC(c2cnccn2)CC1. The first-order chi connectivity index (χ1) is 8.81. The minimum absolute atomic E-state index is 0.310. The molecule has 1 fully saturated rings. The van der Waals surface area contributed by atoms with Gasteiger partial charge in [-0.3, -0.25) is 14.8 Å². The van der Waals surface area contributed by atoms with Crippen LogP contribution in [0.2, 0.25) is 0 Å². The normalized spacial score (nSPS) is 23.8. The summed E-state index contributed by atoms with van der Waals surface area (Å²) in [6.45, 7) is 2.14. The van der Waals surface area contributed by atoms with Crippen molar-refractivity contribution in [2.24, 2.45) is 5.92 Å². The molecule has 0 unspecified atom stereocenters. The lowest BCUT2D eigenvalue weighted by molar-refractivity contribution is -0.124. The van der Waals surface area contributed by atoms with Gasteiger partial charge in [-0.25, -0.2) is 0 Å². The molecule has 0 aliphatic heterocycles. The first-order valence-electron chi connectivity index (χ1n) is 7.10. The van der Waals surface area contributed by atoms with E-state index in [1.54, 1.807) is 12.4 Å². The average molecular weight is 246 g/mol. The Kier molecular flexibility index (Phi) is 4.85. The van der Waals surface area contributed by atoms with E-state index in [1.807, 2.05) is 6.20 Å². The number of hydrogen-bond donors (Lipinski definition) is 0. The van der Waals surface area contributed by atoms with Crippen molar-refractivity contribution in [2.75, 3.05) is 0 Å². The molecular weight excluding hydrogens is 224 g/mol. The summed E-state index contributed by atoms with van der Waals surface area (Å²) < 4.78 is 0. The van der Waals surface area contributed by atoms with Gasteiger partial charge in [0.15, 0.2) is 0 Å². The second kappa shape index (κ2) is 6.62. The Morgan fingerprint density at radius 3 is 2.67 bits per heavy atom. The molecule has 3 nitrogen and oxygen atoms in total. The minimum Gasteiger partial charge on any atom is -0.299 e. The van der Waals surface area contributed by atoms with Crippen molar-refractivity contribution >= 4 is 5.78 Å². The number of ketones is 1. The van der Waals surface area contributed by atoms with Crippen molar-refractivity contribution < 1.29 is 4.79 Å². The van der Waals surface area contributed by atoms with Gasteiger partial charge in [0.05, 0.1) is 5.69 Å². The Balaban J connectivity index is 1.83. The number of unbranched alkanes of at least 4 members (excludes halogenated alkanes) is 1. The van der Waals surface area contributed by atoms with E-state index in [0.29, 0.717) is 17.6 Å². The predicted molar refractivity (Wildman–Crippen MR) is 71.3 cm³/mol. The second-order valence-corrected chi connectivity index (χ2v) is 5.25. The van der Waals surface area contributed by atoms with Crippen LogP contribution in [0.5, 0.6) is 0 Å². The lowest BCUT2D eigenvalue weighted by atomic mass is 9.78. The summed E-state index contributed by atoms with van der Waals surface area (Å²) in [7, 11) is 0. The molecule has 3 heteroatoms. The van der Waals surface area contributed by atoms with Crippen molar-refractivity contribution in [3.05, 3.63) is 24.3 Å². The van der Waals surface area contributed by atoms with Gasteiger partial charge in [0, 0.05) is 36.8 Å². The number of nitrogens with zero attached hydrogens (tertiary/aromatic N) is 2. The zero-order chi connectivity index (χ0) is 12.8. The third-order valence-corrected chi connectivity index (χ3v) is 3.96. The molecule has 0 saturated heterocycles. The van der Waals surface area contributed by atoms with Crippen molar-refractivity contribution in [3.63, 3.8) is 0 Å². The lowest BCUT2D eigenvalue weighted by Crippen LogP contribution is -2.21. The minimum atomic E-state index is 0.310. The molecule has 1 aliphatic carbocycles. The van der Waals surface area contributed by atoms with Crippen molar-refractivity contribution in [3.8, 4) is 0 Å². The van der Waals surface area contributed by atoms with E-state index in [2.05, 4.69) is 16.9 Å². The maximum atomic E-state index is 12.0. The molecule has 0 atom stereocenters. The molecule has 1 aromatic rings. The van der Waals surface area contributed by atoms with Gasteiger partial charge in [-0.05, 0) is 32.1 Å². The monoisotopic (exact) mass is 246 g/mol. The quantitative estimate of drug-likeness (QED) is 0.798. The number of rotatable bonds is 5. The van der Waals surface area contributed by atoms with E-state index >= 15 is 0 Å². The highest BCUT2D eigenvalue weighted by atomic mass is 16.1. The lowest BCUT2D eigenvalue weighted by Gasteiger charge is -2.27. The van der Waals surface area contributed by atoms with Crippen LogP contribution in [0.3, 0.4) is 0 Å². The van der Waals surface area contributed by atoms with E-state index in [4.69, 9.17) is 0 Å². The maximum Gasteiger partial charge on any atom is 0.135 e. The van der Waals surface area contributed by atoms with Gasteiger partial charge in [0.25, 0.3) is 0 Å². The van der Waals surface area contributed by atoms with Crippen LogP contribution >= 0.6 is 0 Å². The van der Waals surface area contributed by atoms with Crippen LogP contribution < -0.4 is 0 Å². The van der Waals surface area contributed by atoms with Gasteiger partial charge < -0.3 is 0 Å². The van der Waals surface area contributed by atoms with E-state index < -0.39 is 0 Å². The van der Waals surface area contributed by atoms with E-state index in [1.165, 1.54) is 0 Å². The van der Waals surface area contributed by atoms with Gasteiger partial charge in [0.1, 0.15) is 5.78 Å². The molecule has 0 amide bonds. The molecule has 0 spiro atoms. The Hall–Kier alpha value is -1.25. The molecule has 2 rings (SSSR count). The number of carbonyl (C=O) groups is 1. The molecule has 1 saturated carbocycles. The van der Waals surface area contributed by atoms with Gasteiger partial charge in [-0.1, -0.05) is 13.3 Å². The van der Waals surface area contributed by atoms with E-state index in [9.17, 15) is 4.79 Å². The Morgan fingerprint density at radius 2 is 2.06 bits per heavy atom. The summed E-state index contributed by atoms with van der Waals surface area (Å²) in [6, 6.07) is 0. The highest BCUT2D eigenvalue weighted by Crippen LogP contribution is 2.35. The summed E-state index contributed by atoms with van der Waals surface area (Å²) in [4.78, 5) is 20.5. The highest BCUT2D eigenvalue weighted by molar-refractivity contribution is 5.81. The highest BCUT2D eigenvalue weighted by Gasteiger charge is 2.27. The number of hydrogen-bond acceptors (Lipinski definition) is 3. The molecular formula is C15H22N2O. The molecule has 0 N–H and O–H groups in total. The molecule has 18 heavy (non-hydrogen) atoms. The third kappa shape index (κ3) is 3.37. The fraction of sp³-hybridized carbons (Fsp3) is 0.667. The molecule has 0 radical (unpaired) electrons. The molecule has 0 aromatic carbocycles. The largest absolute Gasteiger partial charge is 0.299 e. The van der Waals surface area contributed by atoms with Crippen LogP contribution in [0.1, 0.15) is 63.5 Å². The fourth-order valence-electron chi connectivity index (χ4n) is 2.79. The number of carbonyl (C=O) groups excluding carboxylic acids is 1. The van der Waals surface area contributed by atoms with Crippen molar-refractivity contribution in [2.45, 2.75) is 57.8 Å². The summed E-state index contributed by atoms with van der Waals surface area (Å²) in [5.74, 6) is 1.30. The summed E-state index contributed by atoms with van der Waals surface area (Å²) >= 11 is 0. The van der Waals surface area contributed by atoms with Gasteiger partial charge in [0.2, 0.25) is 0 Å². The Bertz CT molecular complexity index is 369. The second-order valence-electron chi connectivity index (χ2n) is 5.25.